The third-order valence-electron chi connectivity index (χ3n) is 1.59. The van der Waals surface area contributed by atoms with Gasteiger partial charge < -0.3 is 10.1 Å². The van der Waals surface area contributed by atoms with Gasteiger partial charge in [-0.15, -0.1) is 0 Å². The zero-order chi connectivity index (χ0) is 12.0. The molecule has 0 saturated carbocycles. The molecule has 1 N–H and O–H groups in total. The smallest absolute Gasteiger partial charge is 0.272 e. The van der Waals surface area contributed by atoms with E-state index in [1.807, 2.05) is 6.92 Å². The summed E-state index contributed by atoms with van der Waals surface area (Å²) in [5.41, 5.74) is 0. The highest BCUT2D eigenvalue weighted by Gasteiger charge is 2.09. The van der Waals surface area contributed by atoms with E-state index in [-0.39, 0.29) is 5.88 Å². The minimum atomic E-state index is -2.52. The van der Waals surface area contributed by atoms with E-state index in [4.69, 9.17) is 4.74 Å². The second kappa shape index (κ2) is 6.57. The maximum atomic E-state index is 12.0. The fourth-order valence-corrected chi connectivity index (χ4v) is 1.22. The lowest BCUT2D eigenvalue weighted by Gasteiger charge is -2.08. The summed E-state index contributed by atoms with van der Waals surface area (Å²) in [5, 5.41) is 2.94. The molecule has 0 amide bonds. The van der Waals surface area contributed by atoms with Gasteiger partial charge in [-0.2, -0.15) is 4.98 Å². The molecule has 0 saturated heterocycles. The van der Waals surface area contributed by atoms with E-state index in [2.05, 4.69) is 31.2 Å². The molecule has 0 aliphatic rings. The number of nitrogens with zero attached hydrogens (tertiary/aromatic N) is 2. The van der Waals surface area contributed by atoms with Gasteiger partial charge in [0.15, 0.2) is 6.61 Å². The third kappa shape index (κ3) is 4.26. The number of hydrogen-bond acceptors (Lipinski definition) is 4. The summed E-state index contributed by atoms with van der Waals surface area (Å²) in [6, 6.07) is 0. The molecule has 4 nitrogen and oxygen atoms in total. The summed E-state index contributed by atoms with van der Waals surface area (Å²) in [7, 11) is 0. The van der Waals surface area contributed by atoms with Crippen LogP contribution in [0.25, 0.3) is 0 Å². The maximum absolute atomic E-state index is 12.0. The Hall–Kier alpha value is -0.980. The number of halogens is 3. The minimum Gasteiger partial charge on any atom is -0.471 e. The van der Waals surface area contributed by atoms with E-state index in [9.17, 15) is 8.78 Å². The highest BCUT2D eigenvalue weighted by molar-refractivity contribution is 9.10. The molecule has 16 heavy (non-hydrogen) atoms. The highest BCUT2D eigenvalue weighted by Crippen LogP contribution is 2.22. The quantitative estimate of drug-likeness (QED) is 0.877. The van der Waals surface area contributed by atoms with Gasteiger partial charge in [-0.05, 0) is 22.4 Å². The standard InChI is InChI=1S/C9H12BrF2N3O/c1-2-3-13-9-14-4-6(10)8(15-9)16-5-7(11)12/h4,7H,2-3,5H2,1H3,(H,13,14,15). The van der Waals surface area contributed by atoms with Crippen molar-refractivity contribution in [2.24, 2.45) is 0 Å². The van der Waals surface area contributed by atoms with Crippen LogP contribution in [0.5, 0.6) is 5.88 Å². The predicted molar refractivity (Wildman–Crippen MR) is 60.0 cm³/mol. The molecule has 0 spiro atoms. The van der Waals surface area contributed by atoms with Crippen LogP contribution in [0.4, 0.5) is 14.7 Å². The first-order valence-corrected chi connectivity index (χ1v) is 5.60. The second-order valence-electron chi connectivity index (χ2n) is 2.98. The van der Waals surface area contributed by atoms with Crippen molar-refractivity contribution in [3.05, 3.63) is 10.7 Å². The molecule has 1 heterocycles. The van der Waals surface area contributed by atoms with Crippen molar-refractivity contribution in [2.75, 3.05) is 18.5 Å². The van der Waals surface area contributed by atoms with Gasteiger partial charge >= 0.3 is 0 Å². The highest BCUT2D eigenvalue weighted by atomic mass is 79.9. The van der Waals surface area contributed by atoms with Crippen molar-refractivity contribution in [3.63, 3.8) is 0 Å². The largest absolute Gasteiger partial charge is 0.471 e. The number of nitrogens with one attached hydrogen (secondary N) is 1. The third-order valence-corrected chi connectivity index (χ3v) is 2.14. The van der Waals surface area contributed by atoms with Crippen molar-refractivity contribution in [2.45, 2.75) is 19.8 Å². The molecule has 0 unspecified atom stereocenters. The molecular formula is C9H12BrF2N3O. The molecule has 0 aliphatic carbocycles. The van der Waals surface area contributed by atoms with E-state index in [0.717, 1.165) is 13.0 Å². The van der Waals surface area contributed by atoms with Crippen LogP contribution < -0.4 is 10.1 Å². The van der Waals surface area contributed by atoms with Crippen LogP contribution >= 0.6 is 15.9 Å². The first kappa shape index (κ1) is 13.1. The van der Waals surface area contributed by atoms with Gasteiger partial charge in [0.1, 0.15) is 0 Å². The number of ether oxygens (including phenoxy) is 1. The van der Waals surface area contributed by atoms with E-state index in [1.54, 1.807) is 0 Å². The van der Waals surface area contributed by atoms with Gasteiger partial charge in [0, 0.05) is 6.54 Å². The van der Waals surface area contributed by atoms with Crippen molar-refractivity contribution in [1.29, 1.82) is 0 Å². The number of aromatic nitrogens is 2. The molecule has 90 valence electrons. The number of anilines is 1. The van der Waals surface area contributed by atoms with Crippen molar-refractivity contribution in [1.82, 2.24) is 9.97 Å². The molecule has 1 aromatic heterocycles. The number of rotatable bonds is 6. The molecule has 1 aromatic rings. The van der Waals surface area contributed by atoms with Crippen molar-refractivity contribution in [3.8, 4) is 5.88 Å². The predicted octanol–water partition coefficient (Wildman–Crippen LogP) is 2.70. The molecule has 1 rings (SSSR count). The van der Waals surface area contributed by atoms with E-state index in [0.29, 0.717) is 10.4 Å². The number of alkyl halides is 2. The first-order valence-electron chi connectivity index (χ1n) is 4.80. The average molecular weight is 296 g/mol. The molecule has 0 aliphatic heterocycles. The average Bonchev–Trinajstić information content (AvgIpc) is 2.26. The Balaban J connectivity index is 2.66. The van der Waals surface area contributed by atoms with Crippen molar-refractivity contribution < 1.29 is 13.5 Å². The Kier molecular flexibility index (Phi) is 5.37. The van der Waals surface area contributed by atoms with E-state index < -0.39 is 13.0 Å². The van der Waals surface area contributed by atoms with Crippen LogP contribution in [0.3, 0.4) is 0 Å². The van der Waals surface area contributed by atoms with Gasteiger partial charge in [0.25, 0.3) is 6.43 Å². The lowest BCUT2D eigenvalue weighted by molar-refractivity contribution is 0.0791. The molecule has 0 bridgehead atoms. The van der Waals surface area contributed by atoms with Gasteiger partial charge in [-0.1, -0.05) is 6.92 Å². The topological polar surface area (TPSA) is 47.0 Å². The molecule has 7 heteroatoms. The SMILES string of the molecule is CCCNc1ncc(Br)c(OCC(F)F)n1. The van der Waals surface area contributed by atoms with Crippen LogP contribution in [0.2, 0.25) is 0 Å². The first-order chi connectivity index (χ1) is 7.63. The zero-order valence-electron chi connectivity index (χ0n) is 8.71. The normalized spacial score (nSPS) is 10.6. The zero-order valence-corrected chi connectivity index (χ0v) is 10.3. The maximum Gasteiger partial charge on any atom is 0.272 e. The lowest BCUT2D eigenvalue weighted by atomic mass is 10.5. The van der Waals surface area contributed by atoms with Gasteiger partial charge in [0.05, 0.1) is 10.7 Å². The monoisotopic (exact) mass is 295 g/mol. The summed E-state index contributed by atoms with van der Waals surface area (Å²) in [6.45, 7) is 2.04. The Labute approximate surface area is 101 Å². The molecule has 0 atom stereocenters. The van der Waals surface area contributed by atoms with Gasteiger partial charge in [0.2, 0.25) is 11.8 Å². The lowest BCUT2D eigenvalue weighted by Crippen LogP contribution is -2.10. The van der Waals surface area contributed by atoms with E-state index in [1.165, 1.54) is 6.20 Å². The molecular weight excluding hydrogens is 284 g/mol. The summed E-state index contributed by atoms with van der Waals surface area (Å²) >= 11 is 3.13. The summed E-state index contributed by atoms with van der Waals surface area (Å²) in [5.74, 6) is 0.489. The second-order valence-corrected chi connectivity index (χ2v) is 3.83. The molecule has 0 aromatic carbocycles. The Morgan fingerprint density at radius 2 is 2.31 bits per heavy atom. The van der Waals surface area contributed by atoms with Gasteiger partial charge in [-0.3, -0.25) is 0 Å². The Morgan fingerprint density at radius 3 is 2.94 bits per heavy atom. The molecule has 0 fully saturated rings. The minimum absolute atomic E-state index is 0.119. The van der Waals surface area contributed by atoms with Crippen LogP contribution in [0, 0.1) is 0 Å². The number of hydrogen-bond donors (Lipinski definition) is 1. The Bertz CT molecular complexity index is 339. The van der Waals surface area contributed by atoms with E-state index >= 15 is 0 Å². The summed E-state index contributed by atoms with van der Waals surface area (Å²) < 4.78 is 29.2. The summed E-state index contributed by atoms with van der Waals surface area (Å²) in [4.78, 5) is 7.92. The molecule has 0 radical (unpaired) electrons. The van der Waals surface area contributed by atoms with Crippen LogP contribution in [-0.4, -0.2) is 29.5 Å². The van der Waals surface area contributed by atoms with Crippen LogP contribution in [0.1, 0.15) is 13.3 Å². The van der Waals surface area contributed by atoms with Crippen LogP contribution in [-0.2, 0) is 0 Å². The summed E-state index contributed by atoms with van der Waals surface area (Å²) in [6.07, 6.45) is -0.132. The van der Waals surface area contributed by atoms with Gasteiger partial charge in [-0.25, -0.2) is 13.8 Å². The fourth-order valence-electron chi connectivity index (χ4n) is 0.917. The van der Waals surface area contributed by atoms with Crippen molar-refractivity contribution >= 4 is 21.9 Å². The Morgan fingerprint density at radius 1 is 1.56 bits per heavy atom. The fraction of sp³-hybridized carbons (Fsp3) is 0.556. The van der Waals surface area contributed by atoms with Crippen LogP contribution in [0.15, 0.2) is 10.7 Å².